The summed E-state index contributed by atoms with van der Waals surface area (Å²) < 4.78 is 27.3. The Bertz CT molecular complexity index is 1160. The zero-order valence-electron chi connectivity index (χ0n) is 13.7. The van der Waals surface area contributed by atoms with Gasteiger partial charge in [0.15, 0.2) is 5.78 Å². The molecule has 0 saturated carbocycles. The minimum atomic E-state index is -0.740. The van der Waals surface area contributed by atoms with Crippen molar-refractivity contribution >= 4 is 16.8 Å². The molecular weight excluding hydrogens is 354 g/mol. The quantitative estimate of drug-likeness (QED) is 0.476. The number of hydrogen-bond acceptors (Lipinski definition) is 4. The molecule has 2 heterocycles. The Balaban J connectivity index is 1.94. The van der Waals surface area contributed by atoms with Crippen molar-refractivity contribution < 1.29 is 23.8 Å². The van der Waals surface area contributed by atoms with E-state index < -0.39 is 17.4 Å². The van der Waals surface area contributed by atoms with Crippen molar-refractivity contribution in [2.24, 2.45) is 0 Å². The summed E-state index contributed by atoms with van der Waals surface area (Å²) in [5.74, 6) is -2.49. The fraction of sp³-hybridized carbons (Fsp3) is 0. The summed E-state index contributed by atoms with van der Waals surface area (Å²) in [5, 5.41) is 19.6. The summed E-state index contributed by atoms with van der Waals surface area (Å²) in [7, 11) is 0. The molecule has 3 N–H and O–H groups in total. The van der Waals surface area contributed by atoms with Crippen LogP contribution in [0.5, 0.6) is 11.5 Å². The molecule has 0 spiro atoms. The van der Waals surface area contributed by atoms with Crippen molar-refractivity contribution in [3.05, 3.63) is 77.6 Å². The minimum absolute atomic E-state index is 0.0635. The van der Waals surface area contributed by atoms with E-state index in [1.807, 2.05) is 0 Å². The van der Waals surface area contributed by atoms with Crippen LogP contribution in [0.4, 0.5) is 8.78 Å². The molecule has 4 rings (SSSR count). The minimum Gasteiger partial charge on any atom is -0.508 e. The first-order valence-corrected chi connectivity index (χ1v) is 7.92. The van der Waals surface area contributed by atoms with Crippen LogP contribution >= 0.6 is 0 Å². The highest BCUT2D eigenvalue weighted by Crippen LogP contribution is 2.33. The van der Waals surface area contributed by atoms with Crippen molar-refractivity contribution in [2.75, 3.05) is 0 Å². The number of nitrogens with one attached hydrogen (secondary N) is 1. The maximum Gasteiger partial charge on any atom is 0.195 e. The van der Waals surface area contributed by atoms with Gasteiger partial charge in [-0.2, -0.15) is 0 Å². The van der Waals surface area contributed by atoms with Crippen LogP contribution < -0.4 is 0 Å². The lowest BCUT2D eigenvalue weighted by Gasteiger charge is -2.07. The number of carbonyl (C=O) groups excluding carboxylic acids is 1. The first kappa shape index (κ1) is 16.7. The molecule has 0 atom stereocenters. The molecule has 0 aliphatic heterocycles. The number of halogens is 2. The third-order valence-electron chi connectivity index (χ3n) is 4.16. The largest absolute Gasteiger partial charge is 0.508 e. The maximum atomic E-state index is 13.7. The molecule has 0 amide bonds. The van der Waals surface area contributed by atoms with Gasteiger partial charge in [-0.1, -0.05) is 0 Å². The molecular formula is C20H12F2N2O3. The van der Waals surface area contributed by atoms with Gasteiger partial charge < -0.3 is 15.2 Å². The Morgan fingerprint density at radius 3 is 2.30 bits per heavy atom. The molecule has 4 aromatic rings. The van der Waals surface area contributed by atoms with Gasteiger partial charge in [0.05, 0.1) is 5.56 Å². The number of hydrogen-bond donors (Lipinski definition) is 3. The van der Waals surface area contributed by atoms with Gasteiger partial charge in [0.2, 0.25) is 0 Å². The van der Waals surface area contributed by atoms with Gasteiger partial charge in [0.1, 0.15) is 28.8 Å². The van der Waals surface area contributed by atoms with Crippen LogP contribution in [-0.4, -0.2) is 26.0 Å². The van der Waals surface area contributed by atoms with Crippen molar-refractivity contribution in [3.8, 4) is 22.6 Å². The van der Waals surface area contributed by atoms with Gasteiger partial charge >= 0.3 is 0 Å². The SMILES string of the molecule is O=C(c1cc(O)cc(O)c1)c1c[nH]c2nccc(-c3cc(F)cc(F)c3)c12. The predicted octanol–water partition coefficient (Wildman–Crippen LogP) is 4.15. The van der Waals surface area contributed by atoms with E-state index in [0.29, 0.717) is 16.6 Å². The van der Waals surface area contributed by atoms with Crippen molar-refractivity contribution in [3.63, 3.8) is 0 Å². The summed E-state index contributed by atoms with van der Waals surface area (Å²) in [5.41, 5.74) is 1.31. The topological polar surface area (TPSA) is 86.2 Å². The number of fused-ring (bicyclic) bond motifs is 1. The summed E-state index contributed by atoms with van der Waals surface area (Å²) in [6.07, 6.45) is 2.89. The average molecular weight is 366 g/mol. The number of rotatable bonds is 3. The van der Waals surface area contributed by atoms with E-state index in [2.05, 4.69) is 9.97 Å². The number of pyridine rings is 1. The fourth-order valence-corrected chi connectivity index (χ4v) is 3.07. The number of aromatic amines is 1. The monoisotopic (exact) mass is 366 g/mol. The van der Waals surface area contributed by atoms with Crippen molar-refractivity contribution in [1.29, 1.82) is 0 Å². The van der Waals surface area contributed by atoms with Crippen LogP contribution in [0.15, 0.2) is 54.9 Å². The first-order valence-electron chi connectivity index (χ1n) is 7.92. The van der Waals surface area contributed by atoms with Gasteiger partial charge in [-0.15, -0.1) is 0 Å². The number of phenols is 2. The molecule has 2 aromatic heterocycles. The van der Waals surface area contributed by atoms with Gasteiger partial charge in [-0.3, -0.25) is 4.79 Å². The van der Waals surface area contributed by atoms with E-state index in [9.17, 15) is 23.8 Å². The molecule has 0 aliphatic carbocycles. The van der Waals surface area contributed by atoms with Gasteiger partial charge in [0.25, 0.3) is 0 Å². The average Bonchev–Trinajstić information content (AvgIpc) is 3.03. The normalized spacial score (nSPS) is 11.0. The summed E-state index contributed by atoms with van der Waals surface area (Å²) in [4.78, 5) is 19.9. The molecule has 27 heavy (non-hydrogen) atoms. The second-order valence-electron chi connectivity index (χ2n) is 6.01. The second kappa shape index (κ2) is 6.21. The highest BCUT2D eigenvalue weighted by atomic mass is 19.1. The summed E-state index contributed by atoms with van der Waals surface area (Å²) in [6, 6.07) is 8.20. The summed E-state index contributed by atoms with van der Waals surface area (Å²) in [6.45, 7) is 0. The zero-order chi connectivity index (χ0) is 19.1. The smallest absolute Gasteiger partial charge is 0.195 e. The number of phenolic OH excluding ortho intramolecular Hbond substituents is 2. The van der Waals surface area contributed by atoms with E-state index in [-0.39, 0.29) is 28.2 Å². The Labute approximate surface area is 151 Å². The lowest BCUT2D eigenvalue weighted by atomic mass is 9.97. The van der Waals surface area contributed by atoms with Crippen molar-refractivity contribution in [2.45, 2.75) is 0 Å². The van der Waals surface area contributed by atoms with Crippen LogP contribution in [0, 0.1) is 11.6 Å². The van der Waals surface area contributed by atoms with E-state index in [4.69, 9.17) is 0 Å². The Hall–Kier alpha value is -3.74. The number of carbonyl (C=O) groups is 1. The van der Waals surface area contributed by atoms with Crippen LogP contribution in [0.1, 0.15) is 15.9 Å². The molecule has 7 heteroatoms. The highest BCUT2D eigenvalue weighted by Gasteiger charge is 2.20. The number of aromatic hydroxyl groups is 2. The van der Waals surface area contributed by atoms with Crippen LogP contribution in [0.2, 0.25) is 0 Å². The first-order chi connectivity index (χ1) is 12.9. The van der Waals surface area contributed by atoms with Gasteiger partial charge in [-0.05, 0) is 41.5 Å². The van der Waals surface area contributed by atoms with E-state index in [1.54, 1.807) is 6.07 Å². The molecule has 0 aliphatic rings. The van der Waals surface area contributed by atoms with Crippen LogP contribution in [0.25, 0.3) is 22.2 Å². The van der Waals surface area contributed by atoms with E-state index >= 15 is 0 Å². The Kier molecular flexibility index (Phi) is 3.84. The number of nitrogens with zero attached hydrogens (tertiary/aromatic N) is 1. The Morgan fingerprint density at radius 1 is 0.963 bits per heavy atom. The molecule has 134 valence electrons. The van der Waals surface area contributed by atoms with Gasteiger partial charge in [-0.25, -0.2) is 13.8 Å². The van der Waals surface area contributed by atoms with E-state index in [1.165, 1.54) is 36.7 Å². The molecule has 0 bridgehead atoms. The number of benzene rings is 2. The third kappa shape index (κ3) is 2.99. The second-order valence-corrected chi connectivity index (χ2v) is 6.01. The fourth-order valence-electron chi connectivity index (χ4n) is 3.07. The molecule has 2 aromatic carbocycles. The standard InChI is InChI=1S/C20H12F2N2O3/c21-12-3-10(4-13(22)7-12)16-1-2-23-20-18(16)17(9-24-20)19(27)11-5-14(25)8-15(26)6-11/h1-9,25-26H,(H,23,24). The third-order valence-corrected chi connectivity index (χ3v) is 4.16. The molecule has 0 radical (unpaired) electrons. The number of ketones is 1. The molecule has 5 nitrogen and oxygen atoms in total. The molecule has 0 saturated heterocycles. The number of H-pyrrole nitrogens is 1. The lowest BCUT2D eigenvalue weighted by molar-refractivity contribution is 0.103. The molecule has 0 unspecified atom stereocenters. The predicted molar refractivity (Wildman–Crippen MR) is 94.6 cm³/mol. The lowest BCUT2D eigenvalue weighted by Crippen LogP contribution is -2.01. The Morgan fingerprint density at radius 2 is 1.63 bits per heavy atom. The highest BCUT2D eigenvalue weighted by molar-refractivity contribution is 6.18. The maximum absolute atomic E-state index is 13.7. The van der Waals surface area contributed by atoms with Gasteiger partial charge in [0, 0.05) is 35.5 Å². The van der Waals surface area contributed by atoms with Crippen LogP contribution in [0.3, 0.4) is 0 Å². The number of aromatic nitrogens is 2. The summed E-state index contributed by atoms with van der Waals surface area (Å²) >= 11 is 0. The van der Waals surface area contributed by atoms with E-state index in [0.717, 1.165) is 12.1 Å². The van der Waals surface area contributed by atoms with Crippen LogP contribution in [-0.2, 0) is 0 Å². The van der Waals surface area contributed by atoms with Crippen molar-refractivity contribution in [1.82, 2.24) is 9.97 Å². The zero-order valence-corrected chi connectivity index (χ0v) is 13.7. The molecule has 0 fully saturated rings.